The van der Waals surface area contributed by atoms with Gasteiger partial charge in [0.1, 0.15) is 17.3 Å². The van der Waals surface area contributed by atoms with Crippen molar-refractivity contribution in [1.82, 2.24) is 24.7 Å². The number of methoxy groups -OCH3 is 2. The summed E-state index contributed by atoms with van der Waals surface area (Å²) in [6, 6.07) is 9.15. The Morgan fingerprint density at radius 1 is 0.960 bits per heavy atom. The van der Waals surface area contributed by atoms with Gasteiger partial charge < -0.3 is 14.0 Å². The van der Waals surface area contributed by atoms with Crippen molar-refractivity contribution in [3.8, 4) is 34.3 Å². The maximum atomic E-state index is 5.42. The summed E-state index contributed by atoms with van der Waals surface area (Å²) < 4.78 is 17.8. The van der Waals surface area contributed by atoms with Crippen LogP contribution in [0.1, 0.15) is 5.82 Å². The standard InChI is InChI=1S/C17H15N5O3/c1-10-19-20-15-5-4-11(9-22(10)15)16-18-17(25-21-16)12-6-13(23-2)8-14(7-12)24-3/h4-9H,1-3H3. The highest BCUT2D eigenvalue weighted by atomic mass is 16.5. The van der Waals surface area contributed by atoms with Crippen LogP contribution >= 0.6 is 0 Å². The van der Waals surface area contributed by atoms with E-state index in [-0.39, 0.29) is 0 Å². The Morgan fingerprint density at radius 2 is 1.72 bits per heavy atom. The molecule has 0 saturated heterocycles. The number of rotatable bonds is 4. The van der Waals surface area contributed by atoms with E-state index < -0.39 is 0 Å². The lowest BCUT2D eigenvalue weighted by atomic mass is 10.2. The minimum Gasteiger partial charge on any atom is -0.497 e. The fourth-order valence-corrected chi connectivity index (χ4v) is 2.53. The Bertz CT molecular complexity index is 1030. The first-order valence-corrected chi connectivity index (χ1v) is 7.57. The summed E-state index contributed by atoms with van der Waals surface area (Å²) >= 11 is 0. The number of nitrogens with zero attached hydrogens (tertiary/aromatic N) is 5. The number of aryl methyl sites for hydroxylation is 1. The zero-order chi connectivity index (χ0) is 17.4. The summed E-state index contributed by atoms with van der Waals surface area (Å²) in [5.74, 6) is 2.95. The molecule has 0 saturated carbocycles. The van der Waals surface area contributed by atoms with Crippen LogP contribution in [-0.2, 0) is 0 Å². The summed E-state index contributed by atoms with van der Waals surface area (Å²) in [6.07, 6.45) is 1.88. The van der Waals surface area contributed by atoms with E-state index in [2.05, 4.69) is 20.3 Å². The molecule has 0 unspecified atom stereocenters. The summed E-state index contributed by atoms with van der Waals surface area (Å²) in [4.78, 5) is 4.48. The molecule has 4 aromatic rings. The Hall–Kier alpha value is -3.42. The van der Waals surface area contributed by atoms with Crippen LogP contribution < -0.4 is 9.47 Å². The fourth-order valence-electron chi connectivity index (χ4n) is 2.53. The van der Waals surface area contributed by atoms with Crippen LogP contribution in [0.2, 0.25) is 0 Å². The number of hydrogen-bond donors (Lipinski definition) is 0. The summed E-state index contributed by atoms with van der Waals surface area (Å²) in [5.41, 5.74) is 2.29. The quantitative estimate of drug-likeness (QED) is 0.566. The first kappa shape index (κ1) is 15.1. The minimum atomic E-state index is 0.382. The molecule has 0 aliphatic rings. The molecule has 8 nitrogen and oxygen atoms in total. The molecule has 3 aromatic heterocycles. The van der Waals surface area contributed by atoms with Gasteiger partial charge in [-0.2, -0.15) is 4.98 Å². The molecule has 0 bridgehead atoms. The highest BCUT2D eigenvalue weighted by Gasteiger charge is 2.14. The predicted molar refractivity (Wildman–Crippen MR) is 89.6 cm³/mol. The Morgan fingerprint density at radius 3 is 2.44 bits per heavy atom. The molecule has 25 heavy (non-hydrogen) atoms. The number of hydrogen-bond acceptors (Lipinski definition) is 7. The van der Waals surface area contributed by atoms with Crippen molar-refractivity contribution >= 4 is 5.65 Å². The van der Waals surface area contributed by atoms with Gasteiger partial charge in [0.15, 0.2) is 5.65 Å². The van der Waals surface area contributed by atoms with E-state index in [1.54, 1.807) is 20.3 Å². The smallest absolute Gasteiger partial charge is 0.258 e. The molecular formula is C17H15N5O3. The number of ether oxygens (including phenoxy) is 2. The molecule has 4 rings (SSSR count). The van der Waals surface area contributed by atoms with Crippen LogP contribution in [-0.4, -0.2) is 39.0 Å². The molecule has 0 spiro atoms. The van der Waals surface area contributed by atoms with Crippen LogP contribution in [0.4, 0.5) is 0 Å². The highest BCUT2D eigenvalue weighted by molar-refractivity contribution is 5.63. The number of pyridine rings is 1. The zero-order valence-electron chi connectivity index (χ0n) is 13.9. The van der Waals surface area contributed by atoms with Crippen LogP contribution in [0, 0.1) is 6.92 Å². The molecule has 0 fully saturated rings. The molecule has 0 aliphatic carbocycles. The third kappa shape index (κ3) is 2.67. The minimum absolute atomic E-state index is 0.382. The Balaban J connectivity index is 1.75. The van der Waals surface area contributed by atoms with Gasteiger partial charge in [0, 0.05) is 23.4 Å². The number of aromatic nitrogens is 5. The second-order valence-corrected chi connectivity index (χ2v) is 5.42. The van der Waals surface area contributed by atoms with Crippen molar-refractivity contribution in [3.05, 3.63) is 42.4 Å². The third-order valence-electron chi connectivity index (χ3n) is 3.86. The van der Waals surface area contributed by atoms with Gasteiger partial charge in [-0.25, -0.2) is 0 Å². The van der Waals surface area contributed by atoms with Crippen molar-refractivity contribution in [2.75, 3.05) is 14.2 Å². The van der Waals surface area contributed by atoms with Gasteiger partial charge in [0.25, 0.3) is 5.89 Å². The SMILES string of the molecule is COc1cc(OC)cc(-c2nc(-c3ccc4nnc(C)n4c3)no2)c1. The average Bonchev–Trinajstić information content (AvgIpc) is 3.28. The first-order valence-electron chi connectivity index (χ1n) is 7.57. The van der Waals surface area contributed by atoms with E-state index >= 15 is 0 Å². The van der Waals surface area contributed by atoms with E-state index in [4.69, 9.17) is 14.0 Å². The maximum Gasteiger partial charge on any atom is 0.258 e. The second kappa shape index (κ2) is 5.90. The number of benzene rings is 1. The molecule has 0 radical (unpaired) electrons. The summed E-state index contributed by atoms with van der Waals surface area (Å²) in [5, 5.41) is 12.2. The molecule has 0 atom stereocenters. The summed E-state index contributed by atoms with van der Waals surface area (Å²) in [6.45, 7) is 1.88. The Labute approximate surface area is 143 Å². The molecule has 0 N–H and O–H groups in total. The molecular weight excluding hydrogens is 322 g/mol. The lowest BCUT2D eigenvalue weighted by molar-refractivity contribution is 0.393. The third-order valence-corrected chi connectivity index (χ3v) is 3.86. The van der Waals surface area contributed by atoms with E-state index in [1.165, 1.54) is 0 Å². The van der Waals surface area contributed by atoms with E-state index in [1.807, 2.05) is 41.8 Å². The van der Waals surface area contributed by atoms with Gasteiger partial charge in [0.2, 0.25) is 5.82 Å². The van der Waals surface area contributed by atoms with Crippen molar-refractivity contribution in [1.29, 1.82) is 0 Å². The average molecular weight is 337 g/mol. The van der Waals surface area contributed by atoms with Gasteiger partial charge in [-0.3, -0.25) is 4.40 Å². The van der Waals surface area contributed by atoms with Crippen molar-refractivity contribution in [2.24, 2.45) is 0 Å². The molecule has 0 amide bonds. The van der Waals surface area contributed by atoms with Crippen LogP contribution in [0.5, 0.6) is 11.5 Å². The zero-order valence-corrected chi connectivity index (χ0v) is 13.9. The van der Waals surface area contributed by atoms with Crippen LogP contribution in [0.25, 0.3) is 28.5 Å². The maximum absolute atomic E-state index is 5.42. The van der Waals surface area contributed by atoms with Gasteiger partial charge in [0.05, 0.1) is 14.2 Å². The van der Waals surface area contributed by atoms with Gasteiger partial charge >= 0.3 is 0 Å². The first-order chi connectivity index (χ1) is 12.2. The van der Waals surface area contributed by atoms with Crippen molar-refractivity contribution in [2.45, 2.75) is 6.92 Å². The summed E-state index contributed by atoms with van der Waals surface area (Å²) in [7, 11) is 3.18. The van der Waals surface area contributed by atoms with Crippen LogP contribution in [0.15, 0.2) is 41.1 Å². The normalized spacial score (nSPS) is 11.0. The largest absolute Gasteiger partial charge is 0.497 e. The highest BCUT2D eigenvalue weighted by Crippen LogP contribution is 2.30. The fraction of sp³-hybridized carbons (Fsp3) is 0.176. The van der Waals surface area contributed by atoms with E-state index in [9.17, 15) is 0 Å². The predicted octanol–water partition coefficient (Wildman–Crippen LogP) is 2.77. The van der Waals surface area contributed by atoms with Gasteiger partial charge in [-0.05, 0) is 31.2 Å². The van der Waals surface area contributed by atoms with Crippen molar-refractivity contribution < 1.29 is 14.0 Å². The van der Waals surface area contributed by atoms with E-state index in [0.29, 0.717) is 23.2 Å². The lowest BCUT2D eigenvalue weighted by Crippen LogP contribution is -1.91. The second-order valence-electron chi connectivity index (χ2n) is 5.42. The molecule has 0 aliphatic heterocycles. The van der Waals surface area contributed by atoms with Crippen LogP contribution in [0.3, 0.4) is 0 Å². The topological polar surface area (TPSA) is 87.6 Å². The Kier molecular flexibility index (Phi) is 3.57. The van der Waals surface area contributed by atoms with Crippen molar-refractivity contribution in [3.63, 3.8) is 0 Å². The van der Waals surface area contributed by atoms with E-state index in [0.717, 1.165) is 22.6 Å². The monoisotopic (exact) mass is 337 g/mol. The molecule has 126 valence electrons. The van der Waals surface area contributed by atoms with Gasteiger partial charge in [-0.15, -0.1) is 10.2 Å². The number of fused-ring (bicyclic) bond motifs is 1. The van der Waals surface area contributed by atoms with Gasteiger partial charge in [-0.1, -0.05) is 5.16 Å². The molecule has 1 aromatic carbocycles. The lowest BCUT2D eigenvalue weighted by Gasteiger charge is -2.05. The molecule has 3 heterocycles. The molecule has 8 heteroatoms.